The number of carbonyl (C=O) groups is 2. The molecule has 1 aliphatic heterocycles. The molecule has 1 heterocycles. The first-order valence-electron chi connectivity index (χ1n) is 8.65. The van der Waals surface area contributed by atoms with Crippen LogP contribution in [0, 0.1) is 12.7 Å². The number of para-hydroxylation sites is 1. The molecule has 0 spiro atoms. The predicted octanol–water partition coefficient (Wildman–Crippen LogP) is 3.24. The number of rotatable bonds is 3. The van der Waals surface area contributed by atoms with Crippen LogP contribution in [-0.2, 0) is 0 Å². The first-order chi connectivity index (χ1) is 12.5. The molecule has 2 amide bonds. The van der Waals surface area contributed by atoms with Crippen LogP contribution >= 0.6 is 12.4 Å². The predicted molar refractivity (Wildman–Crippen MR) is 106 cm³/mol. The molecule has 5 nitrogen and oxygen atoms in total. The molecule has 1 aliphatic rings. The van der Waals surface area contributed by atoms with Gasteiger partial charge in [0.2, 0.25) is 0 Å². The molecule has 1 atom stereocenters. The third kappa shape index (κ3) is 4.64. The number of anilines is 1. The molecule has 1 fully saturated rings. The number of hydrogen-bond acceptors (Lipinski definition) is 3. The van der Waals surface area contributed by atoms with Gasteiger partial charge in [-0.1, -0.05) is 24.3 Å². The molecule has 7 heteroatoms. The van der Waals surface area contributed by atoms with Gasteiger partial charge in [-0.25, -0.2) is 4.39 Å². The second-order valence-corrected chi connectivity index (χ2v) is 6.54. The number of benzene rings is 2. The van der Waals surface area contributed by atoms with Crippen LogP contribution in [-0.4, -0.2) is 42.4 Å². The maximum atomic E-state index is 13.9. The van der Waals surface area contributed by atoms with Gasteiger partial charge in [0.25, 0.3) is 11.8 Å². The van der Waals surface area contributed by atoms with Gasteiger partial charge >= 0.3 is 0 Å². The van der Waals surface area contributed by atoms with Crippen LogP contribution in [0.5, 0.6) is 0 Å². The first kappa shape index (κ1) is 20.9. The van der Waals surface area contributed by atoms with Gasteiger partial charge in [-0.2, -0.15) is 0 Å². The SMILES string of the molecule is Cc1cccc(C(=O)N2CCNC(C)C2)c1NC(=O)c1ccccc1F.Cl. The Labute approximate surface area is 164 Å². The summed E-state index contributed by atoms with van der Waals surface area (Å²) in [6.07, 6.45) is 0. The van der Waals surface area contributed by atoms with Crippen LogP contribution in [0.4, 0.5) is 10.1 Å². The number of nitrogens with zero attached hydrogens (tertiary/aromatic N) is 1. The molecule has 2 N–H and O–H groups in total. The molecule has 144 valence electrons. The van der Waals surface area contributed by atoms with Gasteiger partial charge in [0.15, 0.2) is 0 Å². The van der Waals surface area contributed by atoms with Gasteiger partial charge in [0.1, 0.15) is 5.82 Å². The Hall–Kier alpha value is -2.44. The van der Waals surface area contributed by atoms with Gasteiger partial charge in [0, 0.05) is 25.7 Å². The molecular formula is C20H23ClFN3O2. The average Bonchev–Trinajstić information content (AvgIpc) is 2.63. The van der Waals surface area contributed by atoms with Crippen molar-refractivity contribution in [1.29, 1.82) is 0 Å². The smallest absolute Gasteiger partial charge is 0.258 e. The van der Waals surface area contributed by atoms with E-state index in [1.165, 1.54) is 18.2 Å². The summed E-state index contributed by atoms with van der Waals surface area (Å²) >= 11 is 0. The van der Waals surface area contributed by atoms with Gasteiger partial charge in [-0.05, 0) is 37.6 Å². The highest BCUT2D eigenvalue weighted by Crippen LogP contribution is 2.24. The third-order valence-electron chi connectivity index (χ3n) is 4.52. The molecule has 0 aliphatic carbocycles. The second-order valence-electron chi connectivity index (χ2n) is 6.54. The van der Waals surface area contributed by atoms with E-state index in [1.54, 1.807) is 23.1 Å². The molecule has 3 rings (SSSR count). The summed E-state index contributed by atoms with van der Waals surface area (Å²) in [6.45, 7) is 5.78. The van der Waals surface area contributed by atoms with Crippen molar-refractivity contribution in [3.05, 3.63) is 65.0 Å². The van der Waals surface area contributed by atoms with Crippen LogP contribution < -0.4 is 10.6 Å². The molecule has 2 aromatic rings. The standard InChI is InChI=1S/C20H22FN3O2.ClH/c1-13-6-5-8-16(20(26)24-11-10-22-14(2)12-24)18(13)23-19(25)15-7-3-4-9-17(15)21;/h3-9,14,22H,10-12H2,1-2H3,(H,23,25);1H. The van der Waals surface area contributed by atoms with Crippen molar-refractivity contribution >= 4 is 29.9 Å². The Kier molecular flexibility index (Phi) is 6.93. The molecule has 0 saturated carbocycles. The van der Waals surface area contributed by atoms with E-state index in [0.29, 0.717) is 24.3 Å². The van der Waals surface area contributed by atoms with Crippen LogP contribution in [0.25, 0.3) is 0 Å². The van der Waals surface area contributed by atoms with Crippen molar-refractivity contribution in [3.63, 3.8) is 0 Å². The lowest BCUT2D eigenvalue weighted by Gasteiger charge is -2.32. The van der Waals surface area contributed by atoms with E-state index in [-0.39, 0.29) is 29.9 Å². The summed E-state index contributed by atoms with van der Waals surface area (Å²) in [5, 5.41) is 6.02. The maximum Gasteiger partial charge on any atom is 0.258 e. The Morgan fingerprint density at radius 3 is 2.56 bits per heavy atom. The Bertz CT molecular complexity index is 844. The summed E-state index contributed by atoms with van der Waals surface area (Å²) in [6, 6.07) is 11.3. The van der Waals surface area contributed by atoms with Crippen molar-refractivity contribution in [2.45, 2.75) is 19.9 Å². The van der Waals surface area contributed by atoms with Gasteiger partial charge in [-0.3, -0.25) is 9.59 Å². The number of piperazine rings is 1. The second kappa shape index (κ2) is 8.97. The van der Waals surface area contributed by atoms with E-state index in [2.05, 4.69) is 10.6 Å². The zero-order chi connectivity index (χ0) is 18.7. The van der Waals surface area contributed by atoms with Gasteiger partial charge in [-0.15, -0.1) is 12.4 Å². The molecule has 1 unspecified atom stereocenters. The Morgan fingerprint density at radius 2 is 1.85 bits per heavy atom. The number of nitrogens with one attached hydrogen (secondary N) is 2. The fraction of sp³-hybridized carbons (Fsp3) is 0.300. The van der Waals surface area contributed by atoms with E-state index < -0.39 is 11.7 Å². The maximum absolute atomic E-state index is 13.9. The number of aryl methyl sites for hydroxylation is 1. The summed E-state index contributed by atoms with van der Waals surface area (Å²) in [5.74, 6) is -1.30. The highest BCUT2D eigenvalue weighted by molar-refractivity contribution is 6.09. The minimum atomic E-state index is -0.595. The van der Waals surface area contributed by atoms with E-state index >= 15 is 0 Å². The molecule has 1 saturated heterocycles. The number of hydrogen-bond donors (Lipinski definition) is 2. The van der Waals surface area contributed by atoms with Gasteiger partial charge < -0.3 is 15.5 Å². The van der Waals surface area contributed by atoms with Crippen molar-refractivity contribution in [3.8, 4) is 0 Å². The van der Waals surface area contributed by atoms with E-state index in [0.717, 1.165) is 12.1 Å². The number of amides is 2. The Balaban J connectivity index is 0.00000261. The van der Waals surface area contributed by atoms with Crippen molar-refractivity contribution in [2.75, 3.05) is 25.0 Å². The highest BCUT2D eigenvalue weighted by atomic mass is 35.5. The quantitative estimate of drug-likeness (QED) is 0.844. The molecule has 27 heavy (non-hydrogen) atoms. The fourth-order valence-corrected chi connectivity index (χ4v) is 3.13. The largest absolute Gasteiger partial charge is 0.336 e. The zero-order valence-electron chi connectivity index (χ0n) is 15.3. The third-order valence-corrected chi connectivity index (χ3v) is 4.52. The fourth-order valence-electron chi connectivity index (χ4n) is 3.13. The van der Waals surface area contributed by atoms with Crippen LogP contribution in [0.15, 0.2) is 42.5 Å². The molecule has 0 bridgehead atoms. The molecule has 2 aromatic carbocycles. The van der Waals surface area contributed by atoms with Crippen molar-refractivity contribution in [1.82, 2.24) is 10.2 Å². The molecule has 0 radical (unpaired) electrons. The first-order valence-corrected chi connectivity index (χ1v) is 8.65. The lowest BCUT2D eigenvalue weighted by atomic mass is 10.0. The molecule has 0 aromatic heterocycles. The van der Waals surface area contributed by atoms with Crippen molar-refractivity contribution in [2.24, 2.45) is 0 Å². The molecular weight excluding hydrogens is 369 g/mol. The summed E-state index contributed by atoms with van der Waals surface area (Å²) in [5.41, 5.74) is 1.55. The van der Waals surface area contributed by atoms with E-state index in [4.69, 9.17) is 0 Å². The van der Waals surface area contributed by atoms with E-state index in [1.807, 2.05) is 19.9 Å². The van der Waals surface area contributed by atoms with Crippen LogP contribution in [0.3, 0.4) is 0 Å². The summed E-state index contributed by atoms with van der Waals surface area (Å²) < 4.78 is 13.9. The lowest BCUT2D eigenvalue weighted by Crippen LogP contribution is -2.51. The minimum absolute atomic E-state index is 0. The Morgan fingerprint density at radius 1 is 1.15 bits per heavy atom. The summed E-state index contributed by atoms with van der Waals surface area (Å²) in [4.78, 5) is 27.3. The van der Waals surface area contributed by atoms with Crippen molar-refractivity contribution < 1.29 is 14.0 Å². The number of halogens is 2. The lowest BCUT2D eigenvalue weighted by molar-refractivity contribution is 0.0710. The topological polar surface area (TPSA) is 61.4 Å². The van der Waals surface area contributed by atoms with Crippen LogP contribution in [0.1, 0.15) is 33.2 Å². The minimum Gasteiger partial charge on any atom is -0.336 e. The zero-order valence-corrected chi connectivity index (χ0v) is 16.1. The normalized spacial score (nSPS) is 16.4. The monoisotopic (exact) mass is 391 g/mol. The van der Waals surface area contributed by atoms with Crippen LogP contribution in [0.2, 0.25) is 0 Å². The number of carbonyl (C=O) groups excluding carboxylic acids is 2. The van der Waals surface area contributed by atoms with Gasteiger partial charge in [0.05, 0.1) is 16.8 Å². The van der Waals surface area contributed by atoms with E-state index in [9.17, 15) is 14.0 Å². The highest BCUT2D eigenvalue weighted by Gasteiger charge is 2.25. The average molecular weight is 392 g/mol. The summed E-state index contributed by atoms with van der Waals surface area (Å²) in [7, 11) is 0.